The summed E-state index contributed by atoms with van der Waals surface area (Å²) in [5, 5.41) is 2.79. The molecule has 90 valence electrons. The number of amides is 1. The lowest BCUT2D eigenvalue weighted by Crippen LogP contribution is -2.35. The van der Waals surface area contributed by atoms with E-state index in [1.165, 1.54) is 6.92 Å². The Morgan fingerprint density at radius 1 is 1.47 bits per heavy atom. The molecule has 0 aromatic heterocycles. The Hall–Kier alpha value is -1.49. The van der Waals surface area contributed by atoms with Gasteiger partial charge in [0.1, 0.15) is 0 Å². The summed E-state index contributed by atoms with van der Waals surface area (Å²) < 4.78 is 4.98. The van der Waals surface area contributed by atoms with E-state index in [4.69, 9.17) is 4.74 Å². The van der Waals surface area contributed by atoms with Crippen molar-refractivity contribution in [1.29, 1.82) is 0 Å². The minimum atomic E-state index is -0.703. The van der Waals surface area contributed by atoms with Crippen LogP contribution >= 0.6 is 11.8 Å². The normalized spacial score (nSPS) is 19.6. The smallest absolute Gasteiger partial charge is 0.303 e. The van der Waals surface area contributed by atoms with E-state index >= 15 is 0 Å². The van der Waals surface area contributed by atoms with Gasteiger partial charge in [0.05, 0.1) is 0 Å². The highest BCUT2D eigenvalue weighted by atomic mass is 32.2. The van der Waals surface area contributed by atoms with Crippen molar-refractivity contribution in [2.45, 2.75) is 18.8 Å². The Morgan fingerprint density at radius 2 is 2.24 bits per heavy atom. The number of nitrogens with one attached hydrogen (secondary N) is 1. The lowest BCUT2D eigenvalue weighted by atomic mass is 10.2. The number of ether oxygens (including phenoxy) is 1. The average molecular weight is 251 g/mol. The highest BCUT2D eigenvalue weighted by Gasteiger charge is 2.24. The number of esters is 1. The number of carbonyl (C=O) groups is 2. The monoisotopic (exact) mass is 251 g/mol. The average Bonchev–Trinajstić information content (AvgIpc) is 2.27. The van der Waals surface area contributed by atoms with Gasteiger partial charge >= 0.3 is 5.97 Å². The van der Waals surface area contributed by atoms with Crippen LogP contribution in [0.2, 0.25) is 0 Å². The fraction of sp³-hybridized carbons (Fsp3) is 0.333. The molecule has 1 atom stereocenters. The van der Waals surface area contributed by atoms with Crippen LogP contribution in [0.3, 0.4) is 0 Å². The van der Waals surface area contributed by atoms with Crippen molar-refractivity contribution in [2.75, 3.05) is 11.1 Å². The molecule has 17 heavy (non-hydrogen) atoms. The van der Waals surface area contributed by atoms with Gasteiger partial charge in [-0.3, -0.25) is 9.59 Å². The van der Waals surface area contributed by atoms with Gasteiger partial charge in [-0.15, -0.1) is 0 Å². The van der Waals surface area contributed by atoms with Crippen molar-refractivity contribution < 1.29 is 14.3 Å². The number of hydrogen-bond donors (Lipinski definition) is 1. The number of para-hydroxylation sites is 1. The number of rotatable bonds is 1. The minimum Gasteiger partial charge on any atom is -0.452 e. The van der Waals surface area contributed by atoms with Crippen molar-refractivity contribution in [3.8, 4) is 0 Å². The first-order chi connectivity index (χ1) is 8.16. The summed E-state index contributed by atoms with van der Waals surface area (Å²) in [7, 11) is 0. The number of benzene rings is 1. The molecule has 0 spiro atoms. The molecule has 1 unspecified atom stereocenters. The van der Waals surface area contributed by atoms with Crippen LogP contribution in [0.4, 0.5) is 5.69 Å². The lowest BCUT2D eigenvalue weighted by molar-refractivity contribution is -0.150. The van der Waals surface area contributed by atoms with Gasteiger partial charge in [-0.05, 0) is 11.6 Å². The van der Waals surface area contributed by atoms with Gasteiger partial charge in [0.15, 0.2) is 6.10 Å². The Kier molecular flexibility index (Phi) is 3.68. The third-order valence-corrected chi connectivity index (χ3v) is 3.46. The van der Waals surface area contributed by atoms with Crippen molar-refractivity contribution in [3.05, 3.63) is 29.8 Å². The van der Waals surface area contributed by atoms with Gasteiger partial charge in [-0.2, -0.15) is 11.8 Å². The van der Waals surface area contributed by atoms with E-state index in [0.717, 1.165) is 17.0 Å². The zero-order valence-electron chi connectivity index (χ0n) is 9.43. The molecule has 1 aliphatic rings. The summed E-state index contributed by atoms with van der Waals surface area (Å²) in [6.07, 6.45) is -0.703. The first kappa shape index (κ1) is 12.0. The molecular weight excluding hydrogens is 238 g/mol. The van der Waals surface area contributed by atoms with Crippen molar-refractivity contribution >= 4 is 29.3 Å². The molecular formula is C12H13NO3S. The van der Waals surface area contributed by atoms with Crippen LogP contribution in [0.5, 0.6) is 0 Å². The topological polar surface area (TPSA) is 55.4 Å². The quantitative estimate of drug-likeness (QED) is 0.773. The molecule has 4 nitrogen and oxygen atoms in total. The highest BCUT2D eigenvalue weighted by molar-refractivity contribution is 7.98. The molecule has 2 rings (SSSR count). The molecule has 1 amide bonds. The maximum atomic E-state index is 11.9. The first-order valence-electron chi connectivity index (χ1n) is 5.30. The largest absolute Gasteiger partial charge is 0.452 e. The minimum absolute atomic E-state index is 0.264. The molecule has 0 aliphatic carbocycles. The molecule has 0 radical (unpaired) electrons. The van der Waals surface area contributed by atoms with Crippen LogP contribution in [0.15, 0.2) is 24.3 Å². The number of fused-ring (bicyclic) bond motifs is 1. The zero-order valence-corrected chi connectivity index (χ0v) is 10.3. The van der Waals surface area contributed by atoms with Crippen molar-refractivity contribution in [2.24, 2.45) is 0 Å². The van der Waals surface area contributed by atoms with E-state index in [1.54, 1.807) is 11.8 Å². The van der Waals surface area contributed by atoms with Gasteiger partial charge in [0, 0.05) is 24.1 Å². The van der Waals surface area contributed by atoms with E-state index < -0.39 is 12.1 Å². The van der Waals surface area contributed by atoms with Gasteiger partial charge in [0.2, 0.25) is 0 Å². The highest BCUT2D eigenvalue weighted by Crippen LogP contribution is 2.25. The zero-order chi connectivity index (χ0) is 12.3. The molecule has 1 N–H and O–H groups in total. The van der Waals surface area contributed by atoms with Crippen LogP contribution in [-0.2, 0) is 20.1 Å². The number of anilines is 1. The summed E-state index contributed by atoms with van der Waals surface area (Å²) in [5.41, 5.74) is 1.88. The molecule has 0 bridgehead atoms. The second kappa shape index (κ2) is 5.23. The maximum Gasteiger partial charge on any atom is 0.303 e. The molecule has 1 aromatic carbocycles. The number of carbonyl (C=O) groups excluding carboxylic acids is 2. The fourth-order valence-corrected chi connectivity index (χ4v) is 2.64. The molecule has 1 aromatic rings. The van der Waals surface area contributed by atoms with E-state index in [1.807, 2.05) is 24.3 Å². The molecule has 1 heterocycles. The summed E-state index contributed by atoms with van der Waals surface area (Å²) in [6, 6.07) is 7.64. The summed E-state index contributed by atoms with van der Waals surface area (Å²) >= 11 is 1.59. The third-order valence-electron chi connectivity index (χ3n) is 2.40. The maximum absolute atomic E-state index is 11.9. The van der Waals surface area contributed by atoms with Gasteiger partial charge in [-0.25, -0.2) is 0 Å². The SMILES string of the molecule is CC(=O)OC1CSCc2ccccc2NC1=O. The summed E-state index contributed by atoms with van der Waals surface area (Å²) in [6.45, 7) is 1.31. The second-order valence-electron chi connectivity index (χ2n) is 3.76. The lowest BCUT2D eigenvalue weighted by Gasteiger charge is -2.21. The van der Waals surface area contributed by atoms with E-state index in [0.29, 0.717) is 5.75 Å². The summed E-state index contributed by atoms with van der Waals surface area (Å²) in [4.78, 5) is 22.8. The molecule has 0 saturated heterocycles. The van der Waals surface area contributed by atoms with Gasteiger partial charge in [0.25, 0.3) is 5.91 Å². The van der Waals surface area contributed by atoms with E-state index in [9.17, 15) is 9.59 Å². The predicted molar refractivity (Wildman–Crippen MR) is 66.8 cm³/mol. The van der Waals surface area contributed by atoms with Crippen LogP contribution in [0.25, 0.3) is 0 Å². The Morgan fingerprint density at radius 3 is 3.00 bits per heavy atom. The Bertz CT molecular complexity index is 447. The molecule has 1 aliphatic heterocycles. The van der Waals surface area contributed by atoms with E-state index in [-0.39, 0.29) is 5.91 Å². The Balaban J connectivity index is 2.17. The molecule has 5 heteroatoms. The first-order valence-corrected chi connectivity index (χ1v) is 6.46. The molecule has 0 saturated carbocycles. The van der Waals surface area contributed by atoms with E-state index in [2.05, 4.69) is 5.32 Å². The number of thioether (sulfide) groups is 1. The fourth-order valence-electron chi connectivity index (χ4n) is 1.62. The summed E-state index contributed by atoms with van der Waals surface area (Å²) in [5.74, 6) is 0.591. The number of hydrogen-bond acceptors (Lipinski definition) is 4. The van der Waals surface area contributed by atoms with Gasteiger partial charge in [-0.1, -0.05) is 18.2 Å². The Labute approximate surface area is 104 Å². The van der Waals surface area contributed by atoms with Crippen molar-refractivity contribution in [3.63, 3.8) is 0 Å². The predicted octanol–water partition coefficient (Wildman–Crippen LogP) is 1.80. The van der Waals surface area contributed by atoms with Crippen LogP contribution in [-0.4, -0.2) is 23.7 Å². The van der Waals surface area contributed by atoms with Gasteiger partial charge < -0.3 is 10.1 Å². The molecule has 0 fully saturated rings. The van der Waals surface area contributed by atoms with Crippen LogP contribution < -0.4 is 5.32 Å². The third kappa shape index (κ3) is 3.00. The van der Waals surface area contributed by atoms with Crippen molar-refractivity contribution in [1.82, 2.24) is 0 Å². The van der Waals surface area contributed by atoms with Crippen LogP contribution in [0, 0.1) is 0 Å². The van der Waals surface area contributed by atoms with Crippen LogP contribution in [0.1, 0.15) is 12.5 Å². The second-order valence-corrected chi connectivity index (χ2v) is 4.79. The standard InChI is InChI=1S/C12H13NO3S/c1-8(14)16-11-7-17-6-9-4-2-3-5-10(9)13-12(11)15/h2-5,11H,6-7H2,1H3,(H,13,15).